The quantitative estimate of drug-likeness (QED) is 0.770. The maximum absolute atomic E-state index is 5.87. The van der Waals surface area contributed by atoms with Gasteiger partial charge >= 0.3 is 0 Å². The Bertz CT molecular complexity index is 337. The minimum absolute atomic E-state index is 0.00205. The van der Waals surface area contributed by atoms with Crippen LogP contribution in [0.3, 0.4) is 0 Å². The molecule has 1 heterocycles. The minimum Gasteiger partial charge on any atom is -0.483 e. The van der Waals surface area contributed by atoms with Gasteiger partial charge in [0, 0.05) is 25.7 Å². The lowest BCUT2D eigenvalue weighted by Crippen LogP contribution is -2.37. The van der Waals surface area contributed by atoms with Gasteiger partial charge in [-0.1, -0.05) is 13.8 Å². The van der Waals surface area contributed by atoms with E-state index in [2.05, 4.69) is 38.1 Å². The molecule has 1 aromatic heterocycles. The molecule has 0 saturated heterocycles. The second-order valence-corrected chi connectivity index (χ2v) is 5.01. The van der Waals surface area contributed by atoms with Crippen molar-refractivity contribution in [1.29, 1.82) is 0 Å². The highest BCUT2D eigenvalue weighted by atomic mass is 16.5. The molecule has 0 radical (unpaired) electrons. The number of aromatic nitrogens is 2. The average molecular weight is 255 g/mol. The van der Waals surface area contributed by atoms with E-state index in [1.807, 2.05) is 10.9 Å². The minimum atomic E-state index is 0.00205. The summed E-state index contributed by atoms with van der Waals surface area (Å²) >= 11 is 0. The number of hydrogen-bond donors (Lipinski definition) is 1. The summed E-state index contributed by atoms with van der Waals surface area (Å²) in [6.45, 7) is 9.72. The summed E-state index contributed by atoms with van der Waals surface area (Å²) in [5, 5.41) is 7.60. The molecule has 0 aliphatic carbocycles. The van der Waals surface area contributed by atoms with Crippen molar-refractivity contribution in [1.82, 2.24) is 15.1 Å². The first-order valence-corrected chi connectivity index (χ1v) is 6.46. The van der Waals surface area contributed by atoms with Crippen molar-refractivity contribution in [2.24, 2.45) is 0 Å². The SMILES string of the molecule is COCC(CNC(C)C)Oc1cnn(C(C)C)c1. The van der Waals surface area contributed by atoms with Gasteiger partial charge in [-0.3, -0.25) is 4.68 Å². The van der Waals surface area contributed by atoms with Crippen LogP contribution < -0.4 is 10.1 Å². The van der Waals surface area contributed by atoms with Crippen molar-refractivity contribution in [2.45, 2.75) is 45.9 Å². The molecule has 0 saturated carbocycles. The average Bonchev–Trinajstić information content (AvgIpc) is 2.75. The van der Waals surface area contributed by atoms with Crippen LogP contribution in [0.2, 0.25) is 0 Å². The van der Waals surface area contributed by atoms with E-state index in [4.69, 9.17) is 9.47 Å². The Morgan fingerprint density at radius 1 is 1.33 bits per heavy atom. The largest absolute Gasteiger partial charge is 0.483 e. The molecule has 1 aromatic rings. The number of ether oxygens (including phenoxy) is 2. The van der Waals surface area contributed by atoms with Gasteiger partial charge in [0.15, 0.2) is 5.75 Å². The van der Waals surface area contributed by atoms with Crippen molar-refractivity contribution in [3.05, 3.63) is 12.4 Å². The zero-order valence-corrected chi connectivity index (χ0v) is 12.0. The molecule has 5 nitrogen and oxygen atoms in total. The molecule has 0 amide bonds. The number of nitrogens with one attached hydrogen (secondary N) is 1. The lowest BCUT2D eigenvalue weighted by atomic mass is 10.3. The van der Waals surface area contributed by atoms with Crippen LogP contribution in [-0.4, -0.2) is 42.2 Å². The van der Waals surface area contributed by atoms with Crippen LogP contribution in [0.25, 0.3) is 0 Å². The van der Waals surface area contributed by atoms with E-state index < -0.39 is 0 Å². The highest BCUT2D eigenvalue weighted by Crippen LogP contribution is 2.14. The molecular formula is C13H25N3O2. The number of methoxy groups -OCH3 is 1. The van der Waals surface area contributed by atoms with Gasteiger partial charge in [-0.15, -0.1) is 0 Å². The van der Waals surface area contributed by atoms with E-state index in [1.54, 1.807) is 13.3 Å². The molecule has 1 N–H and O–H groups in total. The third kappa shape index (κ3) is 5.06. The lowest BCUT2D eigenvalue weighted by molar-refractivity contribution is 0.0793. The standard InChI is InChI=1S/C13H25N3O2/c1-10(2)14-6-13(9-17-5)18-12-7-15-16(8-12)11(3)4/h7-8,10-11,13-14H,6,9H2,1-5H3. The Morgan fingerprint density at radius 3 is 2.56 bits per heavy atom. The maximum atomic E-state index is 5.87. The fourth-order valence-corrected chi connectivity index (χ4v) is 1.54. The van der Waals surface area contributed by atoms with Crippen molar-refractivity contribution in [3.8, 4) is 5.75 Å². The monoisotopic (exact) mass is 255 g/mol. The van der Waals surface area contributed by atoms with Gasteiger partial charge in [-0.25, -0.2) is 0 Å². The van der Waals surface area contributed by atoms with Gasteiger partial charge in [0.2, 0.25) is 0 Å². The van der Waals surface area contributed by atoms with Crippen LogP contribution >= 0.6 is 0 Å². The highest BCUT2D eigenvalue weighted by molar-refractivity contribution is 5.12. The first-order chi connectivity index (χ1) is 8.52. The molecule has 0 bridgehead atoms. The summed E-state index contributed by atoms with van der Waals surface area (Å²) in [5.41, 5.74) is 0. The Hall–Kier alpha value is -1.07. The van der Waals surface area contributed by atoms with Crippen molar-refractivity contribution in [2.75, 3.05) is 20.3 Å². The fraction of sp³-hybridized carbons (Fsp3) is 0.769. The van der Waals surface area contributed by atoms with E-state index in [0.717, 1.165) is 12.3 Å². The zero-order valence-electron chi connectivity index (χ0n) is 12.0. The van der Waals surface area contributed by atoms with Gasteiger partial charge < -0.3 is 14.8 Å². The molecule has 0 aromatic carbocycles. The summed E-state index contributed by atoms with van der Waals surface area (Å²) in [4.78, 5) is 0. The molecule has 0 aliphatic rings. The first kappa shape index (κ1) is 15.0. The molecule has 0 spiro atoms. The molecule has 1 unspecified atom stereocenters. The number of hydrogen-bond acceptors (Lipinski definition) is 4. The molecule has 5 heteroatoms. The highest BCUT2D eigenvalue weighted by Gasteiger charge is 2.12. The molecule has 1 atom stereocenters. The zero-order chi connectivity index (χ0) is 13.5. The lowest BCUT2D eigenvalue weighted by Gasteiger charge is -2.19. The van der Waals surface area contributed by atoms with Gasteiger partial charge in [0.05, 0.1) is 19.0 Å². The summed E-state index contributed by atoms with van der Waals surface area (Å²) < 4.78 is 12.9. The smallest absolute Gasteiger partial charge is 0.157 e. The number of nitrogens with zero attached hydrogens (tertiary/aromatic N) is 2. The second-order valence-electron chi connectivity index (χ2n) is 5.01. The van der Waals surface area contributed by atoms with Gasteiger partial charge in [0.25, 0.3) is 0 Å². The Balaban J connectivity index is 2.52. The summed E-state index contributed by atoms with van der Waals surface area (Å²) in [6, 6.07) is 0.781. The Morgan fingerprint density at radius 2 is 2.06 bits per heavy atom. The topological polar surface area (TPSA) is 48.3 Å². The Kier molecular flexibility index (Phi) is 6.15. The van der Waals surface area contributed by atoms with E-state index in [9.17, 15) is 0 Å². The molecule has 104 valence electrons. The van der Waals surface area contributed by atoms with Gasteiger partial charge in [0.1, 0.15) is 6.10 Å². The normalized spacial score (nSPS) is 13.3. The van der Waals surface area contributed by atoms with Gasteiger partial charge in [-0.05, 0) is 13.8 Å². The van der Waals surface area contributed by atoms with Gasteiger partial charge in [-0.2, -0.15) is 5.10 Å². The summed E-state index contributed by atoms with van der Waals surface area (Å²) in [6.07, 6.45) is 3.67. The van der Waals surface area contributed by atoms with Crippen LogP contribution in [0, 0.1) is 0 Å². The third-order valence-electron chi connectivity index (χ3n) is 2.52. The Labute approximate surface area is 109 Å². The maximum Gasteiger partial charge on any atom is 0.157 e. The third-order valence-corrected chi connectivity index (χ3v) is 2.52. The van der Waals surface area contributed by atoms with E-state index >= 15 is 0 Å². The predicted octanol–water partition coefficient (Wildman–Crippen LogP) is 1.86. The van der Waals surface area contributed by atoms with Crippen LogP contribution in [-0.2, 0) is 4.74 Å². The molecule has 18 heavy (non-hydrogen) atoms. The van der Waals surface area contributed by atoms with Crippen LogP contribution in [0.4, 0.5) is 0 Å². The molecule has 1 rings (SSSR count). The van der Waals surface area contributed by atoms with Crippen LogP contribution in [0.5, 0.6) is 5.75 Å². The van der Waals surface area contributed by atoms with Crippen LogP contribution in [0.1, 0.15) is 33.7 Å². The summed E-state index contributed by atoms with van der Waals surface area (Å²) in [5.74, 6) is 0.788. The van der Waals surface area contributed by atoms with Crippen LogP contribution in [0.15, 0.2) is 12.4 Å². The predicted molar refractivity (Wildman–Crippen MR) is 72.0 cm³/mol. The first-order valence-electron chi connectivity index (χ1n) is 6.46. The molecule has 0 aliphatic heterocycles. The van der Waals surface area contributed by atoms with Crippen molar-refractivity contribution >= 4 is 0 Å². The molecular weight excluding hydrogens is 230 g/mol. The van der Waals surface area contributed by atoms with E-state index in [0.29, 0.717) is 18.7 Å². The second kappa shape index (κ2) is 7.38. The number of rotatable bonds is 8. The summed E-state index contributed by atoms with van der Waals surface area (Å²) in [7, 11) is 1.68. The van der Waals surface area contributed by atoms with E-state index in [1.165, 1.54) is 0 Å². The molecule has 0 fully saturated rings. The van der Waals surface area contributed by atoms with Crippen molar-refractivity contribution in [3.63, 3.8) is 0 Å². The fourth-order valence-electron chi connectivity index (χ4n) is 1.54. The van der Waals surface area contributed by atoms with Crippen molar-refractivity contribution < 1.29 is 9.47 Å². The van der Waals surface area contributed by atoms with E-state index in [-0.39, 0.29) is 6.10 Å².